The number of nitrogens with zero attached hydrogens (tertiary/aromatic N) is 2. The van der Waals surface area contributed by atoms with Gasteiger partial charge in [-0.15, -0.1) is 0 Å². The molecule has 0 radical (unpaired) electrons. The van der Waals surface area contributed by atoms with Crippen LogP contribution in [-0.4, -0.2) is 49.2 Å². The summed E-state index contributed by atoms with van der Waals surface area (Å²) in [5.74, 6) is 0.599. The Labute approximate surface area is 124 Å². The molecule has 2 amide bonds. The van der Waals surface area contributed by atoms with Crippen LogP contribution in [0.25, 0.3) is 0 Å². The van der Waals surface area contributed by atoms with Crippen LogP contribution < -0.4 is 10.0 Å². The highest BCUT2D eigenvalue weighted by molar-refractivity contribution is 7.89. The van der Waals surface area contributed by atoms with Gasteiger partial charge in [-0.3, -0.25) is 5.32 Å². The van der Waals surface area contributed by atoms with Gasteiger partial charge in [-0.1, -0.05) is 13.0 Å². The van der Waals surface area contributed by atoms with Crippen LogP contribution in [0.2, 0.25) is 0 Å². The average molecular weight is 312 g/mol. The smallest absolute Gasteiger partial charge is 0.323 e. The minimum atomic E-state index is -3.24. The van der Waals surface area contributed by atoms with Gasteiger partial charge in [0.25, 0.3) is 0 Å². The summed E-state index contributed by atoms with van der Waals surface area (Å²) >= 11 is 0. The monoisotopic (exact) mass is 312 g/mol. The lowest BCUT2D eigenvalue weighted by Crippen LogP contribution is -2.40. The van der Waals surface area contributed by atoms with Gasteiger partial charge in [0.2, 0.25) is 10.0 Å². The average Bonchev–Trinajstić information content (AvgIpc) is 2.87. The number of aromatic nitrogens is 1. The van der Waals surface area contributed by atoms with Crippen LogP contribution in [0.4, 0.5) is 10.6 Å². The predicted molar refractivity (Wildman–Crippen MR) is 80.4 cm³/mol. The van der Waals surface area contributed by atoms with Crippen LogP contribution in [-0.2, 0) is 10.0 Å². The summed E-state index contributed by atoms with van der Waals surface area (Å²) in [6, 6.07) is 4.79. The molecule has 0 unspecified atom stereocenters. The number of carbonyl (C=O) groups excluding carboxylic acids is 1. The van der Waals surface area contributed by atoms with E-state index in [1.165, 1.54) is 0 Å². The van der Waals surface area contributed by atoms with Crippen molar-refractivity contribution in [2.24, 2.45) is 0 Å². The number of rotatable bonds is 5. The van der Waals surface area contributed by atoms with Gasteiger partial charge in [-0.2, -0.15) is 0 Å². The molecule has 1 aliphatic heterocycles. The third-order valence-corrected chi connectivity index (χ3v) is 4.83. The number of sulfonamides is 1. The third-order valence-electron chi connectivity index (χ3n) is 3.19. The molecule has 1 fully saturated rings. The van der Waals surface area contributed by atoms with E-state index in [-0.39, 0.29) is 17.8 Å². The van der Waals surface area contributed by atoms with Crippen molar-refractivity contribution in [2.45, 2.75) is 25.8 Å². The molecule has 7 nitrogen and oxygen atoms in total. The van der Waals surface area contributed by atoms with Gasteiger partial charge in [0.05, 0.1) is 5.75 Å². The molecule has 1 aromatic heterocycles. The van der Waals surface area contributed by atoms with Gasteiger partial charge in [0, 0.05) is 25.3 Å². The first kappa shape index (κ1) is 15.7. The summed E-state index contributed by atoms with van der Waals surface area (Å²) in [5, 5.41) is 2.69. The Morgan fingerprint density at radius 2 is 2.29 bits per heavy atom. The van der Waals surface area contributed by atoms with E-state index in [0.29, 0.717) is 31.7 Å². The van der Waals surface area contributed by atoms with Crippen LogP contribution >= 0.6 is 0 Å². The van der Waals surface area contributed by atoms with E-state index in [2.05, 4.69) is 15.0 Å². The summed E-state index contributed by atoms with van der Waals surface area (Å²) < 4.78 is 26.1. The molecular weight excluding hydrogens is 292 g/mol. The fourth-order valence-corrected chi connectivity index (χ4v) is 3.60. The third kappa shape index (κ3) is 4.68. The molecule has 116 valence electrons. The molecule has 0 spiro atoms. The Morgan fingerprint density at radius 3 is 2.95 bits per heavy atom. The Balaban J connectivity index is 1.86. The van der Waals surface area contributed by atoms with Crippen LogP contribution in [0.1, 0.15) is 19.8 Å². The molecule has 8 heteroatoms. The Bertz CT molecular complexity index is 576. The molecule has 0 bridgehead atoms. The Morgan fingerprint density at radius 1 is 1.48 bits per heavy atom. The normalized spacial score (nSPS) is 18.7. The highest BCUT2D eigenvalue weighted by Crippen LogP contribution is 2.12. The second-order valence-corrected chi connectivity index (χ2v) is 6.89. The predicted octanol–water partition coefficient (Wildman–Crippen LogP) is 1.02. The lowest BCUT2D eigenvalue weighted by Gasteiger charge is -2.17. The molecule has 0 saturated carbocycles. The van der Waals surface area contributed by atoms with Gasteiger partial charge < -0.3 is 4.90 Å². The first-order valence-electron chi connectivity index (χ1n) is 6.97. The molecule has 1 atom stereocenters. The number of hydrogen-bond donors (Lipinski definition) is 2. The summed E-state index contributed by atoms with van der Waals surface area (Å²) in [6.45, 7) is 2.72. The van der Waals surface area contributed by atoms with Crippen LogP contribution in [0.15, 0.2) is 24.4 Å². The lowest BCUT2D eigenvalue weighted by atomic mass is 10.3. The zero-order valence-corrected chi connectivity index (χ0v) is 12.8. The van der Waals surface area contributed by atoms with Crippen LogP contribution in [0, 0.1) is 0 Å². The Kier molecular flexibility index (Phi) is 5.13. The number of nitrogens with one attached hydrogen (secondary N) is 2. The molecule has 2 heterocycles. The first-order chi connectivity index (χ1) is 10.00. The number of amides is 2. The number of anilines is 1. The van der Waals surface area contributed by atoms with Gasteiger partial charge in [0.1, 0.15) is 5.82 Å². The summed E-state index contributed by atoms with van der Waals surface area (Å²) in [5.41, 5.74) is 0. The van der Waals surface area contributed by atoms with E-state index in [4.69, 9.17) is 0 Å². The second kappa shape index (κ2) is 6.86. The molecule has 1 saturated heterocycles. The molecular formula is C13H20N4O3S. The number of likely N-dealkylation sites (tertiary alicyclic amines) is 1. The standard InChI is InChI=1S/C13H20N4O3S/c1-2-9-21(19,20)16-11-6-8-17(10-11)13(18)15-12-5-3-4-7-14-12/h3-5,7,11,16H,2,6,8-10H2,1H3,(H,14,15,18)/t11-/m1/s1. The fraction of sp³-hybridized carbons (Fsp3) is 0.538. The van der Waals surface area contributed by atoms with Gasteiger partial charge >= 0.3 is 6.03 Å². The largest absolute Gasteiger partial charge is 0.323 e. The van der Waals surface area contributed by atoms with Gasteiger partial charge in [-0.25, -0.2) is 22.9 Å². The summed E-state index contributed by atoms with van der Waals surface area (Å²) in [4.78, 5) is 17.7. The number of urea groups is 1. The maximum Gasteiger partial charge on any atom is 0.323 e. The van der Waals surface area contributed by atoms with Crippen molar-refractivity contribution in [3.8, 4) is 0 Å². The van der Waals surface area contributed by atoms with E-state index in [9.17, 15) is 13.2 Å². The van der Waals surface area contributed by atoms with E-state index < -0.39 is 10.0 Å². The minimum absolute atomic E-state index is 0.115. The van der Waals surface area contributed by atoms with Gasteiger partial charge in [0.15, 0.2) is 0 Å². The molecule has 0 aliphatic carbocycles. The summed E-state index contributed by atoms with van der Waals surface area (Å²) in [7, 11) is -3.24. The van der Waals surface area contributed by atoms with E-state index >= 15 is 0 Å². The number of carbonyl (C=O) groups is 1. The van der Waals surface area contributed by atoms with Crippen molar-refractivity contribution < 1.29 is 13.2 Å². The molecule has 1 aromatic rings. The zero-order valence-electron chi connectivity index (χ0n) is 11.9. The van der Waals surface area contributed by atoms with Gasteiger partial charge in [-0.05, 0) is 25.0 Å². The first-order valence-corrected chi connectivity index (χ1v) is 8.62. The number of pyridine rings is 1. The molecule has 21 heavy (non-hydrogen) atoms. The van der Waals surface area contributed by atoms with E-state index in [0.717, 1.165) is 0 Å². The van der Waals surface area contributed by atoms with Crippen molar-refractivity contribution >= 4 is 21.9 Å². The van der Waals surface area contributed by atoms with Crippen molar-refractivity contribution in [1.82, 2.24) is 14.6 Å². The van der Waals surface area contributed by atoms with Crippen LogP contribution in [0.3, 0.4) is 0 Å². The van der Waals surface area contributed by atoms with Crippen molar-refractivity contribution in [3.05, 3.63) is 24.4 Å². The highest BCUT2D eigenvalue weighted by Gasteiger charge is 2.29. The highest BCUT2D eigenvalue weighted by atomic mass is 32.2. The lowest BCUT2D eigenvalue weighted by molar-refractivity contribution is 0.221. The second-order valence-electron chi connectivity index (χ2n) is 5.01. The number of hydrogen-bond acceptors (Lipinski definition) is 4. The van der Waals surface area contributed by atoms with Crippen molar-refractivity contribution in [2.75, 3.05) is 24.2 Å². The molecule has 0 aromatic carbocycles. The Hall–Kier alpha value is -1.67. The molecule has 1 aliphatic rings. The minimum Gasteiger partial charge on any atom is -0.323 e. The quantitative estimate of drug-likeness (QED) is 0.849. The van der Waals surface area contributed by atoms with Crippen molar-refractivity contribution in [3.63, 3.8) is 0 Å². The topological polar surface area (TPSA) is 91.4 Å². The van der Waals surface area contributed by atoms with Crippen LogP contribution in [0.5, 0.6) is 0 Å². The molecule has 2 N–H and O–H groups in total. The van der Waals surface area contributed by atoms with Crippen molar-refractivity contribution in [1.29, 1.82) is 0 Å². The van der Waals surface area contributed by atoms with E-state index in [1.54, 1.807) is 29.3 Å². The summed E-state index contributed by atoms with van der Waals surface area (Å²) in [6.07, 6.45) is 2.80. The SMILES string of the molecule is CCCS(=O)(=O)N[C@@H]1CCN(C(=O)Nc2ccccn2)C1. The maximum atomic E-state index is 12.0. The molecule has 2 rings (SSSR count). The maximum absolute atomic E-state index is 12.0. The fourth-order valence-electron chi connectivity index (χ4n) is 2.25. The zero-order chi connectivity index (χ0) is 15.3. The van der Waals surface area contributed by atoms with E-state index in [1.807, 2.05) is 6.92 Å².